The SMILES string of the molecule is CN(Cc1ccc(C(F)(F)F)cc1)Cn1nc([C@H]2CCS(=O)(=O)C2)oc1=S. The third-order valence-electron chi connectivity index (χ3n) is 4.31. The van der Waals surface area contributed by atoms with Gasteiger partial charge in [-0.2, -0.15) is 13.2 Å². The van der Waals surface area contributed by atoms with Crippen LogP contribution in [-0.2, 0) is 29.2 Å². The number of aromatic nitrogens is 2. The molecule has 1 aliphatic heterocycles. The number of halogens is 3. The fourth-order valence-electron chi connectivity index (χ4n) is 2.96. The van der Waals surface area contributed by atoms with Crippen LogP contribution in [0.4, 0.5) is 13.2 Å². The highest BCUT2D eigenvalue weighted by Gasteiger charge is 2.33. The number of sulfone groups is 1. The Kier molecular flexibility index (Phi) is 5.46. The van der Waals surface area contributed by atoms with Crippen LogP contribution in [0.2, 0.25) is 0 Å². The highest BCUT2D eigenvalue weighted by Crippen LogP contribution is 2.29. The quantitative estimate of drug-likeness (QED) is 0.691. The molecule has 0 N–H and O–H groups in total. The van der Waals surface area contributed by atoms with E-state index in [9.17, 15) is 21.6 Å². The highest BCUT2D eigenvalue weighted by atomic mass is 32.2. The summed E-state index contributed by atoms with van der Waals surface area (Å²) in [5.41, 5.74) is 0.0198. The van der Waals surface area contributed by atoms with E-state index >= 15 is 0 Å². The predicted octanol–water partition coefficient (Wildman–Crippen LogP) is 3.22. The van der Waals surface area contributed by atoms with Crippen molar-refractivity contribution >= 4 is 22.1 Å². The van der Waals surface area contributed by atoms with Gasteiger partial charge in [0.25, 0.3) is 4.84 Å². The summed E-state index contributed by atoms with van der Waals surface area (Å²) in [6.07, 6.45) is -3.90. The van der Waals surface area contributed by atoms with E-state index in [4.69, 9.17) is 16.6 Å². The summed E-state index contributed by atoms with van der Waals surface area (Å²) in [6.45, 7) is 0.655. The molecule has 0 bridgehead atoms. The largest absolute Gasteiger partial charge is 0.416 e. The predicted molar refractivity (Wildman–Crippen MR) is 94.2 cm³/mol. The maximum atomic E-state index is 12.6. The molecule has 1 atom stereocenters. The van der Waals surface area contributed by atoms with E-state index in [0.717, 1.165) is 12.1 Å². The number of benzene rings is 1. The first-order valence-electron chi connectivity index (χ1n) is 8.16. The maximum absolute atomic E-state index is 12.6. The Labute approximate surface area is 159 Å². The molecule has 3 rings (SSSR count). The summed E-state index contributed by atoms with van der Waals surface area (Å²) in [4.78, 5) is 1.95. The Bertz CT molecular complexity index is 965. The van der Waals surface area contributed by atoms with E-state index in [0.29, 0.717) is 24.4 Å². The van der Waals surface area contributed by atoms with E-state index in [1.165, 1.54) is 16.8 Å². The van der Waals surface area contributed by atoms with Gasteiger partial charge in [-0.15, -0.1) is 5.10 Å². The fourth-order valence-corrected chi connectivity index (χ4v) is 4.87. The van der Waals surface area contributed by atoms with Gasteiger partial charge in [-0.3, -0.25) is 4.90 Å². The third-order valence-corrected chi connectivity index (χ3v) is 6.37. The second-order valence-electron chi connectivity index (χ2n) is 6.66. The molecule has 1 saturated heterocycles. The molecule has 1 aromatic heterocycles. The summed E-state index contributed by atoms with van der Waals surface area (Å²) in [6, 6.07) is 4.94. The van der Waals surface area contributed by atoms with Crippen LogP contribution in [0.5, 0.6) is 0 Å². The van der Waals surface area contributed by atoms with E-state index in [2.05, 4.69) is 5.10 Å². The third kappa shape index (κ3) is 4.96. The van der Waals surface area contributed by atoms with Crippen LogP contribution in [0.3, 0.4) is 0 Å². The first-order valence-corrected chi connectivity index (χ1v) is 10.4. The summed E-state index contributed by atoms with van der Waals surface area (Å²) in [5, 5.41) is 4.28. The highest BCUT2D eigenvalue weighted by molar-refractivity contribution is 7.91. The van der Waals surface area contributed by atoms with Crippen molar-refractivity contribution in [3.63, 3.8) is 0 Å². The molecule has 0 radical (unpaired) electrons. The van der Waals surface area contributed by atoms with Crippen molar-refractivity contribution < 1.29 is 26.0 Å². The fraction of sp³-hybridized carbons (Fsp3) is 0.500. The summed E-state index contributed by atoms with van der Waals surface area (Å²) < 4.78 is 67.9. The van der Waals surface area contributed by atoms with E-state index in [-0.39, 0.29) is 28.9 Å². The molecule has 148 valence electrons. The van der Waals surface area contributed by atoms with Crippen LogP contribution in [-0.4, -0.2) is 41.7 Å². The molecule has 2 heterocycles. The Morgan fingerprint density at radius 1 is 1.33 bits per heavy atom. The van der Waals surface area contributed by atoms with Gasteiger partial charge in [0.2, 0.25) is 5.89 Å². The standard InChI is InChI=1S/C16H18F3N3O3S2/c1-21(8-11-2-4-13(5-3-11)16(17,18)19)10-22-15(26)25-14(20-22)12-6-7-27(23,24)9-12/h2-5,12H,6-10H2,1H3/t12-/m0/s1. The number of hydrogen-bond acceptors (Lipinski definition) is 6. The molecule has 6 nitrogen and oxygen atoms in total. The summed E-state index contributed by atoms with van der Waals surface area (Å²) >= 11 is 5.14. The van der Waals surface area contributed by atoms with Gasteiger partial charge in [0.1, 0.15) is 0 Å². The average Bonchev–Trinajstić information content (AvgIpc) is 3.09. The van der Waals surface area contributed by atoms with Crippen molar-refractivity contribution in [1.82, 2.24) is 14.7 Å². The van der Waals surface area contributed by atoms with Crippen LogP contribution >= 0.6 is 12.2 Å². The van der Waals surface area contributed by atoms with Crippen molar-refractivity contribution in [2.45, 2.75) is 31.7 Å². The van der Waals surface area contributed by atoms with Gasteiger partial charge in [-0.05, 0) is 43.4 Å². The number of rotatable bonds is 5. The number of hydrogen-bond donors (Lipinski definition) is 0. The molecular formula is C16H18F3N3O3S2. The van der Waals surface area contributed by atoms with E-state index in [1.54, 1.807) is 7.05 Å². The zero-order valence-corrected chi connectivity index (χ0v) is 16.1. The second kappa shape index (κ2) is 7.36. The molecule has 27 heavy (non-hydrogen) atoms. The lowest BCUT2D eigenvalue weighted by molar-refractivity contribution is -0.137. The smallest absolute Gasteiger partial charge is 0.414 e. The van der Waals surface area contributed by atoms with Gasteiger partial charge in [0.15, 0.2) is 9.84 Å². The van der Waals surface area contributed by atoms with Gasteiger partial charge in [-0.25, -0.2) is 13.1 Å². The Balaban J connectivity index is 1.64. The molecule has 2 aromatic rings. The van der Waals surface area contributed by atoms with Gasteiger partial charge in [0.05, 0.1) is 29.7 Å². The minimum atomic E-state index is -4.36. The molecule has 1 fully saturated rings. The molecule has 1 aliphatic rings. The summed E-state index contributed by atoms with van der Waals surface area (Å²) in [5.74, 6) is 0.131. The molecule has 0 unspecified atom stereocenters. The Hall–Kier alpha value is -1.72. The number of nitrogens with zero attached hydrogens (tertiary/aromatic N) is 3. The monoisotopic (exact) mass is 421 g/mol. The van der Waals surface area contributed by atoms with Gasteiger partial charge in [-0.1, -0.05) is 12.1 Å². The topological polar surface area (TPSA) is 68.3 Å². The van der Waals surface area contributed by atoms with Crippen LogP contribution in [0.25, 0.3) is 0 Å². The minimum Gasteiger partial charge on any atom is -0.414 e. The van der Waals surface area contributed by atoms with Gasteiger partial charge < -0.3 is 4.42 Å². The zero-order valence-electron chi connectivity index (χ0n) is 14.4. The molecule has 0 amide bonds. The lowest BCUT2D eigenvalue weighted by Crippen LogP contribution is -2.22. The Morgan fingerprint density at radius 3 is 2.56 bits per heavy atom. The zero-order chi connectivity index (χ0) is 19.8. The van der Waals surface area contributed by atoms with E-state index in [1.807, 2.05) is 4.90 Å². The van der Waals surface area contributed by atoms with Crippen molar-refractivity contribution in [2.24, 2.45) is 0 Å². The van der Waals surface area contributed by atoms with Crippen molar-refractivity contribution in [1.29, 1.82) is 0 Å². The Morgan fingerprint density at radius 2 is 2.00 bits per heavy atom. The molecule has 0 aliphatic carbocycles. The molecule has 0 spiro atoms. The van der Waals surface area contributed by atoms with Gasteiger partial charge >= 0.3 is 6.18 Å². The first kappa shape index (κ1) is 20.0. The van der Waals surface area contributed by atoms with Crippen LogP contribution < -0.4 is 0 Å². The lowest BCUT2D eigenvalue weighted by atomic mass is 10.1. The normalized spacial score (nSPS) is 19.7. The lowest BCUT2D eigenvalue weighted by Gasteiger charge is -2.16. The molecule has 1 aromatic carbocycles. The summed E-state index contributed by atoms with van der Waals surface area (Å²) in [7, 11) is -1.29. The average molecular weight is 421 g/mol. The minimum absolute atomic E-state index is 0.00365. The first-order chi connectivity index (χ1) is 12.5. The maximum Gasteiger partial charge on any atom is 0.416 e. The molecule has 0 saturated carbocycles. The second-order valence-corrected chi connectivity index (χ2v) is 9.23. The van der Waals surface area contributed by atoms with Crippen LogP contribution in [0, 0.1) is 4.84 Å². The van der Waals surface area contributed by atoms with Gasteiger partial charge in [0, 0.05) is 6.54 Å². The van der Waals surface area contributed by atoms with E-state index < -0.39 is 21.6 Å². The van der Waals surface area contributed by atoms with Crippen molar-refractivity contribution in [3.05, 3.63) is 46.1 Å². The molecular weight excluding hydrogens is 403 g/mol. The van der Waals surface area contributed by atoms with Crippen molar-refractivity contribution in [3.8, 4) is 0 Å². The van der Waals surface area contributed by atoms with Crippen LogP contribution in [0.1, 0.15) is 29.4 Å². The van der Waals surface area contributed by atoms with Crippen molar-refractivity contribution in [2.75, 3.05) is 18.6 Å². The van der Waals surface area contributed by atoms with Crippen LogP contribution in [0.15, 0.2) is 28.7 Å². The molecule has 11 heteroatoms. The number of alkyl halides is 3.